The molecule has 0 saturated heterocycles. The summed E-state index contributed by atoms with van der Waals surface area (Å²) >= 11 is 3.76. The predicted octanol–water partition coefficient (Wildman–Crippen LogP) is 2.57. The molecule has 0 aliphatic carbocycles. The smallest absolute Gasteiger partial charge is 0.401 e. The van der Waals surface area contributed by atoms with E-state index in [-0.39, 0.29) is 15.9 Å². The first kappa shape index (κ1) is 12.8. The second-order valence-corrected chi connectivity index (χ2v) is 4.43. The van der Waals surface area contributed by atoms with Gasteiger partial charge in [0, 0.05) is 15.9 Å². The van der Waals surface area contributed by atoms with E-state index in [1.807, 2.05) is 0 Å². The summed E-state index contributed by atoms with van der Waals surface area (Å²) in [6.45, 7) is 1.82. The van der Waals surface area contributed by atoms with Crippen LogP contribution in [-0.2, 0) is 9.69 Å². The summed E-state index contributed by atoms with van der Waals surface area (Å²) in [6.07, 6.45) is 1.05. The van der Waals surface area contributed by atoms with Crippen molar-refractivity contribution in [3.8, 4) is 0 Å². The lowest BCUT2D eigenvalue weighted by Crippen LogP contribution is -2.18. The molecule has 0 N–H and O–H groups in total. The number of aromatic nitrogens is 2. The number of ether oxygens (including phenoxy) is 1. The van der Waals surface area contributed by atoms with Crippen LogP contribution in [0.15, 0.2) is 6.20 Å². The summed E-state index contributed by atoms with van der Waals surface area (Å²) in [7, 11) is 0. The number of rotatable bonds is 3. The Balaban J connectivity index is 3.04. The zero-order valence-electron chi connectivity index (χ0n) is 7.51. The normalized spacial score (nSPS) is 11.5. The highest BCUT2D eigenvalue weighted by Crippen LogP contribution is 2.30. The molecule has 0 aliphatic rings. The highest BCUT2D eigenvalue weighted by Gasteiger charge is 2.32. The summed E-state index contributed by atoms with van der Waals surface area (Å²) in [5.41, 5.74) is 0.0246. The average molecular weight is 395 g/mol. The van der Waals surface area contributed by atoms with Crippen LogP contribution in [0.5, 0.6) is 0 Å². The molecule has 8 heteroatoms. The van der Waals surface area contributed by atoms with Crippen molar-refractivity contribution in [2.75, 3.05) is 6.61 Å². The molecule has 0 fully saturated rings. The van der Waals surface area contributed by atoms with Gasteiger partial charge in [0.1, 0.15) is 9.26 Å². The van der Waals surface area contributed by atoms with Crippen LogP contribution < -0.4 is 0 Å². The van der Waals surface area contributed by atoms with Gasteiger partial charge in [-0.2, -0.15) is 18.6 Å². The van der Waals surface area contributed by atoms with Gasteiger partial charge in [-0.15, -0.1) is 0 Å². The fraction of sp³-hybridized carbons (Fsp3) is 0.429. The maximum absolute atomic E-state index is 12.8. The maximum atomic E-state index is 12.8. The van der Waals surface area contributed by atoms with Gasteiger partial charge in [-0.25, -0.2) is 4.79 Å². The van der Waals surface area contributed by atoms with E-state index in [1.165, 1.54) is 0 Å². The molecule has 0 aliphatic heterocycles. The zero-order chi connectivity index (χ0) is 11.6. The SMILES string of the molecule is CCOC(=O)c1cnn(C(F)(F)Br)c1I. The Labute approximate surface area is 106 Å². The van der Waals surface area contributed by atoms with Crippen molar-refractivity contribution in [1.82, 2.24) is 9.78 Å². The van der Waals surface area contributed by atoms with E-state index in [0.717, 1.165) is 6.20 Å². The molecule has 0 aromatic carbocycles. The number of esters is 1. The Kier molecular flexibility index (Phi) is 4.04. The second kappa shape index (κ2) is 4.73. The monoisotopic (exact) mass is 394 g/mol. The van der Waals surface area contributed by atoms with E-state index in [0.29, 0.717) is 4.68 Å². The van der Waals surface area contributed by atoms with Crippen LogP contribution in [0.3, 0.4) is 0 Å². The standard InChI is InChI=1S/C7H6BrF2IN2O2/c1-2-15-6(14)4-3-12-13(5(4)11)7(8,9)10/h3H,2H2,1H3. The Morgan fingerprint density at radius 1 is 1.80 bits per heavy atom. The van der Waals surface area contributed by atoms with Crippen molar-refractivity contribution in [1.29, 1.82) is 0 Å². The minimum Gasteiger partial charge on any atom is -0.462 e. The predicted molar refractivity (Wildman–Crippen MR) is 60.0 cm³/mol. The highest BCUT2D eigenvalue weighted by molar-refractivity contribution is 14.1. The molecule has 0 amide bonds. The molecule has 0 radical (unpaired) electrons. The topological polar surface area (TPSA) is 44.1 Å². The molecule has 4 nitrogen and oxygen atoms in total. The lowest BCUT2D eigenvalue weighted by Gasteiger charge is -2.09. The van der Waals surface area contributed by atoms with Crippen LogP contribution in [0, 0.1) is 3.70 Å². The molecule has 0 spiro atoms. The van der Waals surface area contributed by atoms with Gasteiger partial charge in [-0.05, 0) is 29.5 Å². The number of halogens is 4. The van der Waals surface area contributed by atoms with Crippen molar-refractivity contribution in [2.45, 2.75) is 11.9 Å². The largest absolute Gasteiger partial charge is 0.462 e. The van der Waals surface area contributed by atoms with Gasteiger partial charge >= 0.3 is 10.9 Å². The molecule has 1 rings (SSSR count). The molecular formula is C7H6BrF2IN2O2. The van der Waals surface area contributed by atoms with Gasteiger partial charge in [0.15, 0.2) is 0 Å². The third-order valence-corrected chi connectivity index (χ3v) is 2.82. The molecular weight excluding hydrogens is 389 g/mol. The van der Waals surface area contributed by atoms with Crippen molar-refractivity contribution < 1.29 is 18.3 Å². The Morgan fingerprint density at radius 3 is 2.80 bits per heavy atom. The van der Waals surface area contributed by atoms with Crippen LogP contribution in [-0.4, -0.2) is 22.4 Å². The van der Waals surface area contributed by atoms with Gasteiger partial charge < -0.3 is 4.74 Å². The quantitative estimate of drug-likeness (QED) is 0.449. The molecule has 0 saturated carbocycles. The van der Waals surface area contributed by atoms with Gasteiger partial charge in [0.05, 0.1) is 12.8 Å². The molecule has 0 bridgehead atoms. The average Bonchev–Trinajstić information content (AvgIpc) is 2.46. The van der Waals surface area contributed by atoms with Crippen molar-refractivity contribution in [3.63, 3.8) is 0 Å². The van der Waals surface area contributed by atoms with Gasteiger partial charge in [-0.3, -0.25) is 0 Å². The zero-order valence-corrected chi connectivity index (χ0v) is 11.3. The molecule has 84 valence electrons. The first-order valence-electron chi connectivity index (χ1n) is 3.85. The number of nitrogens with zero attached hydrogens (tertiary/aromatic N) is 2. The van der Waals surface area contributed by atoms with Crippen LogP contribution in [0.1, 0.15) is 17.3 Å². The fourth-order valence-corrected chi connectivity index (χ4v) is 2.24. The minimum absolute atomic E-state index is 0.0212. The summed E-state index contributed by atoms with van der Waals surface area (Å²) in [5, 5.41) is 3.40. The lowest BCUT2D eigenvalue weighted by molar-refractivity contribution is 0.0171. The summed E-state index contributed by atoms with van der Waals surface area (Å²) in [5.74, 6) is -0.662. The van der Waals surface area contributed by atoms with Crippen LogP contribution >= 0.6 is 38.5 Å². The molecule has 0 unspecified atom stereocenters. The van der Waals surface area contributed by atoms with Gasteiger partial charge in [0.25, 0.3) is 0 Å². The first-order valence-corrected chi connectivity index (χ1v) is 5.73. The molecule has 1 aromatic rings. The summed E-state index contributed by atoms with van der Waals surface area (Å²) in [4.78, 5) is 7.95. The Morgan fingerprint density at radius 2 is 2.40 bits per heavy atom. The number of hydrogen-bond donors (Lipinski definition) is 0. The maximum Gasteiger partial charge on any atom is 0.401 e. The number of hydrogen-bond acceptors (Lipinski definition) is 3. The lowest BCUT2D eigenvalue weighted by atomic mass is 10.4. The van der Waals surface area contributed by atoms with Crippen molar-refractivity contribution in [3.05, 3.63) is 15.5 Å². The third-order valence-electron chi connectivity index (χ3n) is 1.45. The van der Waals surface area contributed by atoms with E-state index in [2.05, 4.69) is 25.8 Å². The summed E-state index contributed by atoms with van der Waals surface area (Å²) in [6, 6.07) is 0. The van der Waals surface area contributed by atoms with Crippen molar-refractivity contribution in [2.24, 2.45) is 0 Å². The number of alkyl halides is 3. The number of carbonyl (C=O) groups is 1. The van der Waals surface area contributed by atoms with E-state index in [4.69, 9.17) is 0 Å². The summed E-state index contributed by atoms with van der Waals surface area (Å²) < 4.78 is 30.8. The van der Waals surface area contributed by atoms with E-state index in [9.17, 15) is 13.6 Å². The first-order chi connectivity index (χ1) is 6.88. The minimum atomic E-state index is -3.31. The molecule has 15 heavy (non-hydrogen) atoms. The highest BCUT2D eigenvalue weighted by atomic mass is 127. The molecule has 1 aromatic heterocycles. The van der Waals surface area contributed by atoms with Crippen LogP contribution in [0.4, 0.5) is 8.78 Å². The molecule has 0 atom stereocenters. The fourth-order valence-electron chi connectivity index (χ4n) is 0.856. The number of carbonyl (C=O) groups excluding carboxylic acids is 1. The Hall–Kier alpha value is -0.250. The van der Waals surface area contributed by atoms with Gasteiger partial charge in [-0.1, -0.05) is 0 Å². The van der Waals surface area contributed by atoms with E-state index < -0.39 is 10.9 Å². The van der Waals surface area contributed by atoms with E-state index >= 15 is 0 Å². The van der Waals surface area contributed by atoms with Crippen LogP contribution in [0.25, 0.3) is 0 Å². The van der Waals surface area contributed by atoms with Crippen LogP contribution in [0.2, 0.25) is 0 Å². The van der Waals surface area contributed by atoms with E-state index in [1.54, 1.807) is 29.5 Å². The second-order valence-electron chi connectivity index (χ2n) is 2.45. The van der Waals surface area contributed by atoms with Gasteiger partial charge in [0.2, 0.25) is 0 Å². The van der Waals surface area contributed by atoms with Crippen molar-refractivity contribution >= 4 is 44.5 Å². The third kappa shape index (κ3) is 2.86. The Bertz CT molecular complexity index is 378. The molecule has 1 heterocycles.